The molecule has 1 N–H and O–H groups in total. The topological polar surface area (TPSA) is 71.4 Å². The Hall–Kier alpha value is -2.04. The van der Waals surface area contributed by atoms with Crippen LogP contribution in [0.4, 0.5) is 0 Å². The van der Waals surface area contributed by atoms with Crippen LogP contribution in [0.1, 0.15) is 44.5 Å². The molecule has 0 aliphatic heterocycles. The average molecular weight is 261 g/mol. The molecule has 0 saturated heterocycles. The Morgan fingerprint density at radius 3 is 2.58 bits per heavy atom. The van der Waals surface area contributed by atoms with Crippen molar-refractivity contribution in [1.29, 1.82) is 0 Å². The van der Waals surface area contributed by atoms with E-state index in [1.807, 2.05) is 20.8 Å². The Morgan fingerprint density at radius 2 is 2.05 bits per heavy atom. The van der Waals surface area contributed by atoms with Gasteiger partial charge in [-0.15, -0.1) is 0 Å². The van der Waals surface area contributed by atoms with Crippen LogP contribution in [0.25, 0.3) is 0 Å². The number of carbonyl (C=O) groups is 2. The van der Waals surface area contributed by atoms with Crippen molar-refractivity contribution in [2.24, 2.45) is 10.5 Å². The molecule has 0 fully saturated rings. The predicted molar refractivity (Wildman–Crippen MR) is 73.9 cm³/mol. The fraction of sp³-hybridized carbons (Fsp3) is 0.429. The van der Waals surface area contributed by atoms with E-state index >= 15 is 0 Å². The quantitative estimate of drug-likeness (QED) is 0.667. The number of hydrazone groups is 1. The first kappa shape index (κ1) is 15.0. The van der Waals surface area contributed by atoms with E-state index in [9.17, 15) is 9.59 Å². The number of hydrogen-bond acceptors (Lipinski definition) is 4. The summed E-state index contributed by atoms with van der Waals surface area (Å²) >= 11 is 0. The van der Waals surface area contributed by atoms with Gasteiger partial charge in [0.1, 0.15) is 5.78 Å². The number of rotatable bonds is 4. The summed E-state index contributed by atoms with van der Waals surface area (Å²) in [5.74, 6) is -0.250. The van der Waals surface area contributed by atoms with E-state index in [0.717, 1.165) is 0 Å². The number of pyridine rings is 1. The van der Waals surface area contributed by atoms with Gasteiger partial charge in [-0.3, -0.25) is 14.6 Å². The standard InChI is InChI=1S/C14H19N3O2/c1-10(8-12(18)14(2,3)4)16-17-13(19)11-6-5-7-15-9-11/h5-7,9H,8H2,1-4H3,(H,17,19)/b16-10+. The number of nitrogens with one attached hydrogen (secondary N) is 1. The molecule has 0 aliphatic rings. The van der Waals surface area contributed by atoms with E-state index < -0.39 is 5.41 Å². The molecule has 0 bridgehead atoms. The maximum Gasteiger partial charge on any atom is 0.272 e. The zero-order chi connectivity index (χ0) is 14.5. The Labute approximate surface area is 113 Å². The molecule has 0 aliphatic carbocycles. The number of nitrogens with zero attached hydrogens (tertiary/aromatic N) is 2. The Kier molecular flexibility index (Phi) is 4.92. The van der Waals surface area contributed by atoms with Gasteiger partial charge in [0.05, 0.1) is 5.56 Å². The first-order valence-electron chi connectivity index (χ1n) is 6.07. The molecule has 0 spiro atoms. The van der Waals surface area contributed by atoms with Crippen molar-refractivity contribution in [2.75, 3.05) is 0 Å². The first-order chi connectivity index (χ1) is 8.80. The summed E-state index contributed by atoms with van der Waals surface area (Å²) in [4.78, 5) is 27.3. The summed E-state index contributed by atoms with van der Waals surface area (Å²) in [7, 11) is 0. The molecule has 0 radical (unpaired) electrons. The second kappa shape index (κ2) is 6.22. The van der Waals surface area contributed by atoms with Gasteiger partial charge in [0, 0.05) is 29.9 Å². The van der Waals surface area contributed by atoms with Gasteiger partial charge in [0.25, 0.3) is 5.91 Å². The van der Waals surface area contributed by atoms with Crippen molar-refractivity contribution >= 4 is 17.4 Å². The molecule has 1 aromatic heterocycles. The SMILES string of the molecule is C/C(CC(=O)C(C)(C)C)=N\NC(=O)c1cccnc1. The average Bonchev–Trinajstić information content (AvgIpc) is 2.35. The summed E-state index contributed by atoms with van der Waals surface area (Å²) in [6, 6.07) is 3.32. The second-order valence-electron chi connectivity index (χ2n) is 5.38. The number of hydrogen-bond donors (Lipinski definition) is 1. The van der Waals surface area contributed by atoms with Crippen LogP contribution in [0.2, 0.25) is 0 Å². The summed E-state index contributed by atoms with van der Waals surface area (Å²) in [6.07, 6.45) is 3.28. The maximum atomic E-state index is 11.8. The van der Waals surface area contributed by atoms with Crippen LogP contribution in [0.3, 0.4) is 0 Å². The molecule has 5 heteroatoms. The summed E-state index contributed by atoms with van der Waals surface area (Å²) in [5.41, 5.74) is 3.03. The van der Waals surface area contributed by atoms with E-state index in [-0.39, 0.29) is 18.1 Å². The highest BCUT2D eigenvalue weighted by Gasteiger charge is 2.21. The minimum Gasteiger partial charge on any atom is -0.299 e. The minimum atomic E-state index is -0.399. The van der Waals surface area contributed by atoms with Gasteiger partial charge >= 0.3 is 0 Å². The lowest BCUT2D eigenvalue weighted by atomic mass is 9.88. The second-order valence-corrected chi connectivity index (χ2v) is 5.38. The molecule has 1 rings (SSSR count). The molecule has 0 aromatic carbocycles. The monoisotopic (exact) mass is 261 g/mol. The Bertz CT molecular complexity index is 487. The van der Waals surface area contributed by atoms with Gasteiger partial charge in [-0.2, -0.15) is 5.10 Å². The lowest BCUT2D eigenvalue weighted by Gasteiger charge is -2.15. The molecular weight excluding hydrogens is 242 g/mol. The van der Waals surface area contributed by atoms with Gasteiger partial charge in [-0.25, -0.2) is 5.43 Å². The number of aromatic nitrogens is 1. The van der Waals surface area contributed by atoms with Crippen LogP contribution in [0.5, 0.6) is 0 Å². The van der Waals surface area contributed by atoms with Crippen molar-refractivity contribution in [3.63, 3.8) is 0 Å². The zero-order valence-corrected chi connectivity index (χ0v) is 11.7. The fourth-order valence-electron chi connectivity index (χ4n) is 1.24. The smallest absolute Gasteiger partial charge is 0.272 e. The van der Waals surface area contributed by atoms with Crippen molar-refractivity contribution in [1.82, 2.24) is 10.4 Å². The predicted octanol–water partition coefficient (Wildman–Crippen LogP) is 2.19. The van der Waals surface area contributed by atoms with E-state index in [2.05, 4.69) is 15.5 Å². The number of amides is 1. The lowest BCUT2D eigenvalue weighted by Crippen LogP contribution is -2.24. The summed E-state index contributed by atoms with van der Waals surface area (Å²) in [6.45, 7) is 7.29. The van der Waals surface area contributed by atoms with Crippen LogP contribution in [0, 0.1) is 5.41 Å². The molecule has 0 saturated carbocycles. The zero-order valence-electron chi connectivity index (χ0n) is 11.7. The van der Waals surface area contributed by atoms with Crippen LogP contribution in [-0.2, 0) is 4.79 Å². The molecule has 19 heavy (non-hydrogen) atoms. The molecule has 1 heterocycles. The molecule has 0 atom stereocenters. The van der Waals surface area contributed by atoms with Crippen LogP contribution in [0.15, 0.2) is 29.6 Å². The van der Waals surface area contributed by atoms with Crippen LogP contribution < -0.4 is 5.43 Å². The normalized spacial score (nSPS) is 12.1. The van der Waals surface area contributed by atoms with E-state index in [1.165, 1.54) is 6.20 Å². The number of carbonyl (C=O) groups excluding carboxylic acids is 2. The Balaban J connectivity index is 2.58. The lowest BCUT2D eigenvalue weighted by molar-refractivity contribution is -0.125. The van der Waals surface area contributed by atoms with E-state index in [4.69, 9.17) is 0 Å². The summed E-state index contributed by atoms with van der Waals surface area (Å²) < 4.78 is 0. The third kappa shape index (κ3) is 4.99. The van der Waals surface area contributed by atoms with Crippen molar-refractivity contribution < 1.29 is 9.59 Å². The van der Waals surface area contributed by atoms with Gasteiger partial charge in [0.15, 0.2) is 0 Å². The highest BCUT2D eigenvalue weighted by atomic mass is 16.2. The fourth-order valence-corrected chi connectivity index (χ4v) is 1.24. The maximum absolute atomic E-state index is 11.8. The largest absolute Gasteiger partial charge is 0.299 e. The summed E-state index contributed by atoms with van der Waals surface area (Å²) in [5, 5.41) is 3.92. The highest BCUT2D eigenvalue weighted by molar-refractivity contribution is 6.03. The van der Waals surface area contributed by atoms with Crippen molar-refractivity contribution in [3.05, 3.63) is 30.1 Å². The van der Waals surface area contributed by atoms with Gasteiger partial charge in [-0.1, -0.05) is 20.8 Å². The van der Waals surface area contributed by atoms with Gasteiger partial charge in [0.2, 0.25) is 0 Å². The third-order valence-corrected chi connectivity index (χ3v) is 2.52. The molecular formula is C14H19N3O2. The number of ketones is 1. The first-order valence-corrected chi connectivity index (χ1v) is 6.07. The molecule has 1 aromatic rings. The van der Waals surface area contributed by atoms with Crippen molar-refractivity contribution in [2.45, 2.75) is 34.1 Å². The molecule has 0 unspecified atom stereocenters. The molecule has 102 valence electrons. The Morgan fingerprint density at radius 1 is 1.37 bits per heavy atom. The van der Waals surface area contributed by atoms with Crippen LogP contribution >= 0.6 is 0 Å². The van der Waals surface area contributed by atoms with Gasteiger partial charge in [-0.05, 0) is 19.1 Å². The van der Waals surface area contributed by atoms with Gasteiger partial charge < -0.3 is 0 Å². The number of Topliss-reactive ketones (excluding diaryl/α,β-unsaturated/α-hetero) is 1. The van der Waals surface area contributed by atoms with Crippen molar-refractivity contribution in [3.8, 4) is 0 Å². The molecule has 1 amide bonds. The third-order valence-electron chi connectivity index (χ3n) is 2.52. The highest BCUT2D eigenvalue weighted by Crippen LogP contribution is 2.16. The van der Waals surface area contributed by atoms with Crippen LogP contribution in [-0.4, -0.2) is 22.4 Å². The molecule has 5 nitrogen and oxygen atoms in total. The van der Waals surface area contributed by atoms with E-state index in [1.54, 1.807) is 25.3 Å². The van der Waals surface area contributed by atoms with E-state index in [0.29, 0.717) is 11.3 Å². The minimum absolute atomic E-state index is 0.0874.